The Kier molecular flexibility index (Phi) is 7.36. The van der Waals surface area contributed by atoms with Crippen molar-refractivity contribution in [3.8, 4) is 5.75 Å². The summed E-state index contributed by atoms with van der Waals surface area (Å²) in [6, 6.07) is 11.3. The number of halogens is 3. The summed E-state index contributed by atoms with van der Waals surface area (Å²) in [7, 11) is 0. The molecule has 4 rings (SSSR count). The molecule has 0 N–H and O–H groups in total. The zero-order valence-corrected chi connectivity index (χ0v) is 18.9. The Morgan fingerprint density at radius 3 is 2.42 bits per heavy atom. The Hall–Kier alpha value is -2.82. The SMILES string of the molecule is CCCCCC1CCC(c2ccc(C(=O)Oc3ccc4c(F)c(F)ccc4c3)c(F)c2)CC1. The van der Waals surface area contributed by atoms with Gasteiger partial charge in [-0.3, -0.25) is 0 Å². The fraction of sp³-hybridized carbons (Fsp3) is 0.393. The lowest BCUT2D eigenvalue weighted by Crippen LogP contribution is -2.15. The van der Waals surface area contributed by atoms with E-state index in [1.54, 1.807) is 0 Å². The van der Waals surface area contributed by atoms with E-state index < -0.39 is 23.4 Å². The third-order valence-corrected chi connectivity index (χ3v) is 6.84. The van der Waals surface area contributed by atoms with Crippen LogP contribution in [0.1, 0.15) is 80.1 Å². The van der Waals surface area contributed by atoms with Gasteiger partial charge in [-0.2, -0.15) is 0 Å². The van der Waals surface area contributed by atoms with Gasteiger partial charge in [-0.1, -0.05) is 44.7 Å². The monoisotopic (exact) mass is 454 g/mol. The minimum absolute atomic E-state index is 0.0883. The molecule has 0 saturated heterocycles. The first-order chi connectivity index (χ1) is 16.0. The number of fused-ring (bicyclic) bond motifs is 1. The van der Waals surface area contributed by atoms with Crippen LogP contribution in [0, 0.1) is 23.4 Å². The summed E-state index contributed by atoms with van der Waals surface area (Å²) in [5.74, 6) is -2.08. The number of rotatable bonds is 7. The Bertz CT molecular complexity index is 1130. The standard InChI is InChI=1S/C28H29F3O2/c1-2-3-4-5-18-6-8-19(9-7-18)20-10-13-24(26(30)17-20)28(32)33-22-12-14-23-21(16-22)11-15-25(29)27(23)31/h10-19H,2-9H2,1H3. The molecule has 0 amide bonds. The Labute approximate surface area is 192 Å². The molecule has 3 aromatic rings. The number of carbonyl (C=O) groups is 1. The van der Waals surface area contributed by atoms with Crippen molar-refractivity contribution in [2.45, 2.75) is 64.2 Å². The second-order valence-electron chi connectivity index (χ2n) is 9.09. The fourth-order valence-electron chi connectivity index (χ4n) is 4.89. The molecule has 1 aliphatic rings. The van der Waals surface area contributed by atoms with Crippen molar-refractivity contribution in [1.29, 1.82) is 0 Å². The van der Waals surface area contributed by atoms with Crippen molar-refractivity contribution in [2.75, 3.05) is 0 Å². The lowest BCUT2D eigenvalue weighted by Gasteiger charge is -2.29. The summed E-state index contributed by atoms with van der Waals surface area (Å²) in [4.78, 5) is 12.6. The maximum absolute atomic E-state index is 14.8. The number of ether oxygens (including phenoxy) is 1. The molecule has 1 fully saturated rings. The van der Waals surface area contributed by atoms with E-state index in [2.05, 4.69) is 6.92 Å². The third kappa shape index (κ3) is 5.40. The Morgan fingerprint density at radius 2 is 1.70 bits per heavy atom. The summed E-state index contributed by atoms with van der Waals surface area (Å²) in [5, 5.41) is 0.478. The Balaban J connectivity index is 1.40. The molecule has 0 radical (unpaired) electrons. The Morgan fingerprint density at radius 1 is 0.909 bits per heavy atom. The average Bonchev–Trinajstić information content (AvgIpc) is 2.82. The molecule has 3 aromatic carbocycles. The molecule has 0 bridgehead atoms. The zero-order chi connectivity index (χ0) is 23.4. The van der Waals surface area contributed by atoms with Gasteiger partial charge in [0.15, 0.2) is 11.6 Å². The average molecular weight is 455 g/mol. The van der Waals surface area contributed by atoms with Crippen LogP contribution in [-0.4, -0.2) is 5.97 Å². The van der Waals surface area contributed by atoms with E-state index in [0.29, 0.717) is 11.3 Å². The first-order valence-electron chi connectivity index (χ1n) is 11.9. The van der Waals surface area contributed by atoms with Gasteiger partial charge in [-0.15, -0.1) is 0 Å². The zero-order valence-electron chi connectivity index (χ0n) is 18.9. The summed E-state index contributed by atoms with van der Waals surface area (Å²) in [5.41, 5.74) is 0.789. The van der Waals surface area contributed by atoms with Crippen LogP contribution in [0.25, 0.3) is 10.8 Å². The maximum atomic E-state index is 14.8. The van der Waals surface area contributed by atoms with E-state index in [0.717, 1.165) is 30.4 Å². The molecule has 0 heterocycles. The maximum Gasteiger partial charge on any atom is 0.346 e. The molecule has 1 saturated carbocycles. The first kappa shape index (κ1) is 23.3. The van der Waals surface area contributed by atoms with Gasteiger partial charge in [0.25, 0.3) is 0 Å². The highest BCUT2D eigenvalue weighted by Crippen LogP contribution is 2.38. The molecule has 1 aliphatic carbocycles. The second-order valence-corrected chi connectivity index (χ2v) is 9.09. The van der Waals surface area contributed by atoms with Gasteiger partial charge in [0.1, 0.15) is 11.6 Å². The number of benzene rings is 3. The van der Waals surface area contributed by atoms with E-state index in [1.807, 2.05) is 6.07 Å². The highest BCUT2D eigenvalue weighted by Gasteiger charge is 2.24. The molecule has 174 valence electrons. The van der Waals surface area contributed by atoms with Crippen LogP contribution in [0.4, 0.5) is 13.2 Å². The van der Waals surface area contributed by atoms with Crippen molar-refractivity contribution in [3.05, 3.63) is 77.1 Å². The van der Waals surface area contributed by atoms with Crippen molar-refractivity contribution in [2.24, 2.45) is 5.92 Å². The highest BCUT2D eigenvalue weighted by molar-refractivity contribution is 5.92. The van der Waals surface area contributed by atoms with E-state index in [1.165, 1.54) is 74.9 Å². The van der Waals surface area contributed by atoms with Gasteiger partial charge < -0.3 is 4.74 Å². The van der Waals surface area contributed by atoms with Crippen molar-refractivity contribution in [1.82, 2.24) is 0 Å². The van der Waals surface area contributed by atoms with Crippen molar-refractivity contribution in [3.63, 3.8) is 0 Å². The molecule has 5 heteroatoms. The normalized spacial score (nSPS) is 18.4. The first-order valence-corrected chi connectivity index (χ1v) is 11.9. The molecule has 2 nitrogen and oxygen atoms in total. The van der Waals surface area contributed by atoms with Crippen LogP contribution in [0.2, 0.25) is 0 Å². The molecule has 0 aromatic heterocycles. The van der Waals surface area contributed by atoms with Crippen LogP contribution in [0.5, 0.6) is 5.75 Å². The molecule has 0 unspecified atom stereocenters. The van der Waals surface area contributed by atoms with Crippen LogP contribution < -0.4 is 4.74 Å². The number of hydrogen-bond donors (Lipinski definition) is 0. The van der Waals surface area contributed by atoms with E-state index >= 15 is 0 Å². The smallest absolute Gasteiger partial charge is 0.346 e. The third-order valence-electron chi connectivity index (χ3n) is 6.84. The second kappa shape index (κ2) is 10.4. The van der Waals surface area contributed by atoms with Gasteiger partial charge in [-0.25, -0.2) is 18.0 Å². The molecule has 0 aliphatic heterocycles. The number of carbonyl (C=O) groups excluding carboxylic acids is 1. The molecular weight excluding hydrogens is 425 g/mol. The topological polar surface area (TPSA) is 26.3 Å². The van der Waals surface area contributed by atoms with E-state index in [9.17, 15) is 18.0 Å². The van der Waals surface area contributed by atoms with Crippen LogP contribution in [-0.2, 0) is 0 Å². The lowest BCUT2D eigenvalue weighted by atomic mass is 9.77. The molecular formula is C28H29F3O2. The predicted octanol–water partition coefficient (Wildman–Crippen LogP) is 8.33. The summed E-state index contributed by atoms with van der Waals surface area (Å²) < 4.78 is 47.3. The largest absolute Gasteiger partial charge is 0.423 e. The summed E-state index contributed by atoms with van der Waals surface area (Å²) >= 11 is 0. The van der Waals surface area contributed by atoms with E-state index in [-0.39, 0.29) is 16.7 Å². The van der Waals surface area contributed by atoms with Crippen LogP contribution in [0.15, 0.2) is 48.5 Å². The summed E-state index contributed by atoms with van der Waals surface area (Å²) in [6.45, 7) is 2.22. The molecule has 0 atom stereocenters. The van der Waals surface area contributed by atoms with Gasteiger partial charge in [0, 0.05) is 5.39 Å². The van der Waals surface area contributed by atoms with Gasteiger partial charge in [-0.05, 0) is 84.9 Å². The van der Waals surface area contributed by atoms with Gasteiger partial charge in [0.2, 0.25) is 0 Å². The molecule has 33 heavy (non-hydrogen) atoms. The van der Waals surface area contributed by atoms with Crippen molar-refractivity contribution >= 4 is 16.7 Å². The summed E-state index contributed by atoms with van der Waals surface area (Å²) in [6.07, 6.45) is 9.55. The highest BCUT2D eigenvalue weighted by atomic mass is 19.2. The quantitative estimate of drug-likeness (QED) is 0.204. The number of esters is 1. The minimum Gasteiger partial charge on any atom is -0.423 e. The van der Waals surface area contributed by atoms with Crippen molar-refractivity contribution < 1.29 is 22.7 Å². The minimum atomic E-state index is -0.956. The molecule has 0 spiro atoms. The van der Waals surface area contributed by atoms with Crippen LogP contribution in [0.3, 0.4) is 0 Å². The van der Waals surface area contributed by atoms with Gasteiger partial charge >= 0.3 is 5.97 Å². The number of hydrogen-bond acceptors (Lipinski definition) is 2. The fourth-order valence-corrected chi connectivity index (χ4v) is 4.89. The lowest BCUT2D eigenvalue weighted by molar-refractivity contribution is 0.0730. The van der Waals surface area contributed by atoms with E-state index in [4.69, 9.17) is 4.74 Å². The van der Waals surface area contributed by atoms with Crippen LogP contribution >= 0.6 is 0 Å². The number of unbranched alkanes of at least 4 members (excludes halogenated alkanes) is 2. The van der Waals surface area contributed by atoms with Gasteiger partial charge in [0.05, 0.1) is 5.56 Å². The predicted molar refractivity (Wildman–Crippen MR) is 124 cm³/mol.